The first-order chi connectivity index (χ1) is 11.0. The van der Waals surface area contributed by atoms with Crippen molar-refractivity contribution in [2.24, 2.45) is 0 Å². The number of nitrogens with zero attached hydrogens (tertiary/aromatic N) is 1. The molecular formula is C15H14F3NO5. The number of fused-ring (bicyclic) bond motifs is 1. The van der Waals surface area contributed by atoms with Crippen molar-refractivity contribution in [1.82, 2.24) is 5.06 Å². The number of amides is 2. The van der Waals surface area contributed by atoms with Crippen LogP contribution in [-0.4, -0.2) is 40.7 Å². The van der Waals surface area contributed by atoms with E-state index in [1.807, 2.05) is 0 Å². The van der Waals surface area contributed by atoms with Gasteiger partial charge in [-0.2, -0.15) is 13.2 Å². The fourth-order valence-corrected chi connectivity index (χ4v) is 1.97. The Morgan fingerprint density at radius 3 is 1.96 bits per heavy atom. The van der Waals surface area contributed by atoms with Gasteiger partial charge in [-0.15, -0.1) is 0 Å². The van der Waals surface area contributed by atoms with Crippen LogP contribution in [-0.2, 0) is 14.4 Å². The van der Waals surface area contributed by atoms with Crippen molar-refractivity contribution in [2.75, 3.05) is 0 Å². The summed E-state index contributed by atoms with van der Waals surface area (Å²) in [4.78, 5) is 40.6. The molecule has 1 heterocycles. The summed E-state index contributed by atoms with van der Waals surface area (Å²) in [6.07, 6.45) is -6.36. The van der Waals surface area contributed by atoms with E-state index < -0.39 is 35.7 Å². The maximum Gasteiger partial charge on any atom is 0.416 e. The second-order valence-electron chi connectivity index (χ2n) is 5.63. The minimum atomic E-state index is -4.71. The SMILES string of the molecule is CC(OC(C)(C)C(F)(F)F)C(=O)ON1C(=O)c2ccccc2C1=O. The summed E-state index contributed by atoms with van der Waals surface area (Å²) in [6.45, 7) is 2.53. The van der Waals surface area contributed by atoms with Crippen molar-refractivity contribution in [3.05, 3.63) is 35.4 Å². The Hall–Kier alpha value is -2.42. The molecule has 130 valence electrons. The molecule has 0 radical (unpaired) electrons. The molecule has 1 unspecified atom stereocenters. The first-order valence-corrected chi connectivity index (χ1v) is 6.90. The summed E-state index contributed by atoms with van der Waals surface area (Å²) in [5.74, 6) is -3.03. The van der Waals surface area contributed by atoms with Crippen LogP contribution in [0.4, 0.5) is 13.2 Å². The summed E-state index contributed by atoms with van der Waals surface area (Å²) < 4.78 is 43.0. The number of imide groups is 1. The van der Waals surface area contributed by atoms with Crippen molar-refractivity contribution in [1.29, 1.82) is 0 Å². The van der Waals surface area contributed by atoms with E-state index in [1.165, 1.54) is 24.3 Å². The molecule has 0 aromatic heterocycles. The highest BCUT2D eigenvalue weighted by Gasteiger charge is 2.50. The third kappa shape index (κ3) is 3.12. The first-order valence-electron chi connectivity index (χ1n) is 6.90. The Bertz CT molecular complexity index is 664. The van der Waals surface area contributed by atoms with Crippen molar-refractivity contribution in [2.45, 2.75) is 38.7 Å². The van der Waals surface area contributed by atoms with E-state index in [0.717, 1.165) is 20.8 Å². The molecule has 0 fully saturated rings. The Morgan fingerprint density at radius 2 is 1.54 bits per heavy atom. The highest BCUT2D eigenvalue weighted by Crippen LogP contribution is 2.34. The summed E-state index contributed by atoms with van der Waals surface area (Å²) >= 11 is 0. The summed E-state index contributed by atoms with van der Waals surface area (Å²) in [5, 5.41) is 0.216. The lowest BCUT2D eigenvalue weighted by atomic mass is 10.1. The van der Waals surface area contributed by atoms with Gasteiger partial charge in [0, 0.05) is 0 Å². The van der Waals surface area contributed by atoms with Crippen LogP contribution >= 0.6 is 0 Å². The quantitative estimate of drug-likeness (QED) is 0.784. The molecule has 0 saturated carbocycles. The van der Waals surface area contributed by atoms with Gasteiger partial charge in [-0.25, -0.2) is 4.79 Å². The molecule has 9 heteroatoms. The number of carbonyl (C=O) groups is 3. The number of halogens is 3. The molecule has 0 N–H and O–H groups in total. The van der Waals surface area contributed by atoms with Crippen LogP contribution < -0.4 is 0 Å². The van der Waals surface area contributed by atoms with Crippen molar-refractivity contribution in [3.63, 3.8) is 0 Å². The Balaban J connectivity index is 2.08. The minimum Gasteiger partial charge on any atom is -0.351 e. The van der Waals surface area contributed by atoms with E-state index >= 15 is 0 Å². The Morgan fingerprint density at radius 1 is 1.08 bits per heavy atom. The van der Waals surface area contributed by atoms with Gasteiger partial charge in [0.2, 0.25) is 0 Å². The lowest BCUT2D eigenvalue weighted by Crippen LogP contribution is -2.47. The van der Waals surface area contributed by atoms with E-state index in [1.54, 1.807) is 0 Å². The first kappa shape index (κ1) is 17.9. The van der Waals surface area contributed by atoms with E-state index in [9.17, 15) is 27.6 Å². The molecule has 1 aromatic carbocycles. The van der Waals surface area contributed by atoms with Gasteiger partial charge in [-0.3, -0.25) is 9.59 Å². The third-order valence-corrected chi connectivity index (χ3v) is 3.42. The number of hydrogen-bond donors (Lipinski definition) is 0. The fourth-order valence-electron chi connectivity index (χ4n) is 1.97. The molecule has 24 heavy (non-hydrogen) atoms. The largest absolute Gasteiger partial charge is 0.416 e. The van der Waals surface area contributed by atoms with Crippen molar-refractivity contribution >= 4 is 17.8 Å². The van der Waals surface area contributed by atoms with E-state index in [-0.39, 0.29) is 16.2 Å². The zero-order valence-electron chi connectivity index (χ0n) is 13.0. The number of alkyl halides is 3. The van der Waals surface area contributed by atoms with Gasteiger partial charge in [0.25, 0.3) is 11.8 Å². The normalized spacial score (nSPS) is 16.2. The van der Waals surface area contributed by atoms with Crippen molar-refractivity contribution in [3.8, 4) is 0 Å². The van der Waals surface area contributed by atoms with Crippen LogP contribution in [0.2, 0.25) is 0 Å². The minimum absolute atomic E-state index is 0.0412. The molecule has 0 saturated heterocycles. The highest BCUT2D eigenvalue weighted by molar-refractivity contribution is 6.20. The number of benzene rings is 1. The van der Waals surface area contributed by atoms with E-state index in [2.05, 4.69) is 9.57 Å². The van der Waals surface area contributed by atoms with Gasteiger partial charge >= 0.3 is 12.1 Å². The summed E-state index contributed by atoms with van der Waals surface area (Å²) in [6, 6.07) is 5.78. The lowest BCUT2D eigenvalue weighted by molar-refractivity contribution is -0.277. The summed E-state index contributed by atoms with van der Waals surface area (Å²) in [7, 11) is 0. The molecule has 0 spiro atoms. The fraction of sp³-hybridized carbons (Fsp3) is 0.400. The van der Waals surface area contributed by atoms with Crippen LogP contribution in [0.15, 0.2) is 24.3 Å². The molecule has 0 bridgehead atoms. The van der Waals surface area contributed by atoms with E-state index in [0.29, 0.717) is 0 Å². The average Bonchev–Trinajstić information content (AvgIpc) is 2.71. The van der Waals surface area contributed by atoms with Crippen LogP contribution in [0.5, 0.6) is 0 Å². The van der Waals surface area contributed by atoms with Crippen LogP contribution in [0.3, 0.4) is 0 Å². The third-order valence-electron chi connectivity index (χ3n) is 3.42. The van der Waals surface area contributed by atoms with Crippen molar-refractivity contribution < 1.29 is 37.1 Å². The highest BCUT2D eigenvalue weighted by atomic mass is 19.4. The Kier molecular flexibility index (Phi) is 4.40. The zero-order chi connectivity index (χ0) is 18.3. The number of hydroxylamine groups is 2. The number of ether oxygens (including phenoxy) is 1. The second-order valence-corrected chi connectivity index (χ2v) is 5.63. The molecule has 2 rings (SSSR count). The topological polar surface area (TPSA) is 72.9 Å². The lowest BCUT2D eigenvalue weighted by Gasteiger charge is -2.30. The molecular weight excluding hydrogens is 331 g/mol. The predicted molar refractivity (Wildman–Crippen MR) is 73.7 cm³/mol. The molecule has 6 nitrogen and oxygen atoms in total. The Labute approximate surface area is 135 Å². The van der Waals surface area contributed by atoms with Gasteiger partial charge < -0.3 is 9.57 Å². The number of carbonyl (C=O) groups excluding carboxylic acids is 3. The van der Waals surface area contributed by atoms with Gasteiger partial charge in [-0.05, 0) is 32.9 Å². The molecule has 1 atom stereocenters. The molecule has 1 aromatic rings. The van der Waals surface area contributed by atoms with Crippen LogP contribution in [0.25, 0.3) is 0 Å². The van der Waals surface area contributed by atoms with Gasteiger partial charge in [-0.1, -0.05) is 17.2 Å². The van der Waals surface area contributed by atoms with Gasteiger partial charge in [0.1, 0.15) is 0 Å². The zero-order valence-corrected chi connectivity index (χ0v) is 13.0. The monoisotopic (exact) mass is 345 g/mol. The number of rotatable bonds is 4. The second kappa shape index (κ2) is 5.90. The molecule has 1 aliphatic rings. The smallest absolute Gasteiger partial charge is 0.351 e. The maximum atomic E-state index is 12.8. The van der Waals surface area contributed by atoms with Gasteiger partial charge in [0.05, 0.1) is 11.1 Å². The standard InChI is InChI=1S/C15H14F3NO5/c1-8(23-14(2,3)15(16,17)18)13(22)24-19-11(20)9-6-4-5-7-10(9)12(19)21/h4-8H,1-3H3. The maximum absolute atomic E-state index is 12.8. The predicted octanol–water partition coefficient (Wildman–Crippen LogP) is 2.49. The average molecular weight is 345 g/mol. The van der Waals surface area contributed by atoms with E-state index in [4.69, 9.17) is 0 Å². The van der Waals surface area contributed by atoms with Crippen LogP contribution in [0.1, 0.15) is 41.5 Å². The molecule has 1 aliphatic heterocycles. The molecule has 2 amide bonds. The molecule has 0 aliphatic carbocycles. The van der Waals surface area contributed by atoms with Crippen LogP contribution in [0, 0.1) is 0 Å². The summed E-state index contributed by atoms with van der Waals surface area (Å²) in [5.41, 5.74) is -2.52. The number of hydrogen-bond acceptors (Lipinski definition) is 5. The van der Waals surface area contributed by atoms with Gasteiger partial charge in [0.15, 0.2) is 11.7 Å².